The average Bonchev–Trinajstić information content (AvgIpc) is 2.72. The standard InChI is InChI=1S/C20H25N3O6S/c1-15(2)29-16-6-8-17(9-7-16)30(26,27)23-12-10-22(11-13-23)18-4-3-5-19(21-18)28-14-20(24)25/h3-9,15H,10-14H2,1-2H3,(H,24,25). The first-order chi connectivity index (χ1) is 14.3. The van der Waals surface area contributed by atoms with Gasteiger partial charge in [-0.25, -0.2) is 13.2 Å². The van der Waals surface area contributed by atoms with E-state index in [1.165, 1.54) is 4.31 Å². The second-order valence-corrected chi connectivity index (χ2v) is 8.98. The minimum atomic E-state index is -3.60. The van der Waals surface area contributed by atoms with Gasteiger partial charge >= 0.3 is 5.97 Å². The summed E-state index contributed by atoms with van der Waals surface area (Å²) in [5.74, 6) is 0.383. The molecule has 0 spiro atoms. The van der Waals surface area contributed by atoms with Gasteiger partial charge in [0.05, 0.1) is 11.0 Å². The molecule has 0 amide bonds. The lowest BCUT2D eigenvalue weighted by Crippen LogP contribution is -2.48. The number of nitrogens with zero attached hydrogens (tertiary/aromatic N) is 3. The molecule has 1 aliphatic heterocycles. The first-order valence-electron chi connectivity index (χ1n) is 9.59. The summed E-state index contributed by atoms with van der Waals surface area (Å²) in [5, 5.41) is 8.71. The van der Waals surface area contributed by atoms with E-state index in [-0.39, 0.29) is 16.9 Å². The smallest absolute Gasteiger partial charge is 0.341 e. The van der Waals surface area contributed by atoms with Crippen LogP contribution in [-0.4, -0.2) is 67.7 Å². The van der Waals surface area contributed by atoms with Gasteiger partial charge in [-0.15, -0.1) is 0 Å². The molecule has 1 N–H and O–H groups in total. The molecule has 3 rings (SSSR count). The number of hydrogen-bond donors (Lipinski definition) is 1. The fraction of sp³-hybridized carbons (Fsp3) is 0.400. The monoisotopic (exact) mass is 435 g/mol. The van der Waals surface area contributed by atoms with Crippen molar-refractivity contribution in [3.05, 3.63) is 42.5 Å². The molecule has 0 saturated carbocycles. The molecule has 1 aromatic heterocycles. The molecule has 1 aliphatic rings. The highest BCUT2D eigenvalue weighted by Crippen LogP contribution is 2.23. The fourth-order valence-electron chi connectivity index (χ4n) is 3.07. The third-order valence-electron chi connectivity index (χ3n) is 4.45. The molecule has 10 heteroatoms. The number of sulfonamides is 1. The maximum absolute atomic E-state index is 12.9. The van der Waals surface area contributed by atoms with Crippen LogP contribution in [0.1, 0.15) is 13.8 Å². The third-order valence-corrected chi connectivity index (χ3v) is 6.36. The molecule has 1 aromatic carbocycles. The Balaban J connectivity index is 1.63. The van der Waals surface area contributed by atoms with Crippen molar-refractivity contribution in [1.29, 1.82) is 0 Å². The molecule has 9 nitrogen and oxygen atoms in total. The molecule has 162 valence electrons. The van der Waals surface area contributed by atoms with Crippen molar-refractivity contribution in [2.45, 2.75) is 24.8 Å². The van der Waals surface area contributed by atoms with Crippen molar-refractivity contribution in [1.82, 2.24) is 9.29 Å². The van der Waals surface area contributed by atoms with Crippen molar-refractivity contribution in [2.24, 2.45) is 0 Å². The number of hydrogen-bond acceptors (Lipinski definition) is 7. The molecular formula is C20H25N3O6S. The third kappa shape index (κ3) is 5.39. The van der Waals surface area contributed by atoms with Gasteiger partial charge in [0.2, 0.25) is 15.9 Å². The molecule has 0 aliphatic carbocycles. The molecular weight excluding hydrogens is 410 g/mol. The van der Waals surface area contributed by atoms with E-state index in [2.05, 4.69) is 4.98 Å². The number of aromatic nitrogens is 1. The second-order valence-electron chi connectivity index (χ2n) is 7.05. The summed E-state index contributed by atoms with van der Waals surface area (Å²) in [7, 11) is -3.60. The van der Waals surface area contributed by atoms with Crippen molar-refractivity contribution < 1.29 is 27.8 Å². The minimum absolute atomic E-state index is 0.0159. The predicted molar refractivity (Wildman–Crippen MR) is 111 cm³/mol. The quantitative estimate of drug-likeness (QED) is 0.669. The van der Waals surface area contributed by atoms with E-state index < -0.39 is 22.6 Å². The van der Waals surface area contributed by atoms with Gasteiger partial charge in [-0.2, -0.15) is 9.29 Å². The van der Waals surface area contributed by atoms with Crippen LogP contribution in [-0.2, 0) is 14.8 Å². The Morgan fingerprint density at radius 2 is 1.77 bits per heavy atom. The molecule has 0 atom stereocenters. The second kappa shape index (κ2) is 9.31. The number of pyridine rings is 1. The molecule has 2 heterocycles. The van der Waals surface area contributed by atoms with E-state index >= 15 is 0 Å². The summed E-state index contributed by atoms with van der Waals surface area (Å²) < 4.78 is 38.0. The van der Waals surface area contributed by atoms with E-state index in [4.69, 9.17) is 14.6 Å². The lowest BCUT2D eigenvalue weighted by molar-refractivity contribution is -0.139. The molecule has 0 bridgehead atoms. The summed E-state index contributed by atoms with van der Waals surface area (Å²) in [6.45, 7) is 4.90. The number of carboxylic acid groups (broad SMARTS) is 1. The zero-order valence-electron chi connectivity index (χ0n) is 16.9. The number of benzene rings is 1. The number of aliphatic carboxylic acids is 1. The van der Waals surface area contributed by atoms with Gasteiger partial charge < -0.3 is 19.5 Å². The normalized spacial score (nSPS) is 15.2. The van der Waals surface area contributed by atoms with E-state index in [0.717, 1.165) is 0 Å². The van der Waals surface area contributed by atoms with E-state index in [1.54, 1.807) is 42.5 Å². The summed E-state index contributed by atoms with van der Waals surface area (Å²) in [4.78, 5) is 17.1. The Morgan fingerprint density at radius 3 is 2.37 bits per heavy atom. The lowest BCUT2D eigenvalue weighted by Gasteiger charge is -2.34. The van der Waals surface area contributed by atoms with Crippen LogP contribution in [0.25, 0.3) is 0 Å². The molecule has 30 heavy (non-hydrogen) atoms. The van der Waals surface area contributed by atoms with Gasteiger partial charge in [0.15, 0.2) is 6.61 Å². The Labute approximate surface area is 175 Å². The zero-order chi connectivity index (χ0) is 21.7. The van der Waals surface area contributed by atoms with E-state index in [1.807, 2.05) is 18.7 Å². The van der Waals surface area contributed by atoms with Crippen molar-refractivity contribution in [3.8, 4) is 11.6 Å². The zero-order valence-corrected chi connectivity index (χ0v) is 17.7. The highest BCUT2D eigenvalue weighted by molar-refractivity contribution is 7.89. The van der Waals surface area contributed by atoms with Crippen molar-refractivity contribution in [3.63, 3.8) is 0 Å². The van der Waals surface area contributed by atoms with Crippen LogP contribution < -0.4 is 14.4 Å². The van der Waals surface area contributed by atoms with Gasteiger partial charge in [0.1, 0.15) is 11.6 Å². The van der Waals surface area contributed by atoms with Crippen LogP contribution in [0.4, 0.5) is 5.82 Å². The average molecular weight is 436 g/mol. The Kier molecular flexibility index (Phi) is 6.78. The molecule has 0 radical (unpaired) electrons. The van der Waals surface area contributed by atoms with Gasteiger partial charge in [0, 0.05) is 32.2 Å². The fourth-order valence-corrected chi connectivity index (χ4v) is 4.49. The number of carboxylic acids is 1. The lowest BCUT2D eigenvalue weighted by atomic mass is 10.3. The van der Waals surface area contributed by atoms with Gasteiger partial charge in [0.25, 0.3) is 0 Å². The first-order valence-corrected chi connectivity index (χ1v) is 11.0. The van der Waals surface area contributed by atoms with Gasteiger partial charge in [-0.1, -0.05) is 6.07 Å². The number of ether oxygens (including phenoxy) is 2. The minimum Gasteiger partial charge on any atom is -0.491 e. The maximum atomic E-state index is 12.9. The van der Waals surface area contributed by atoms with Gasteiger partial charge in [-0.3, -0.25) is 0 Å². The van der Waals surface area contributed by atoms with Crippen LogP contribution in [0.2, 0.25) is 0 Å². The van der Waals surface area contributed by atoms with E-state index in [0.29, 0.717) is 37.7 Å². The first kappa shape index (κ1) is 21.8. The number of carbonyl (C=O) groups is 1. The molecule has 1 fully saturated rings. The summed E-state index contributed by atoms with van der Waals surface area (Å²) in [6.07, 6.45) is 0.0159. The summed E-state index contributed by atoms with van der Waals surface area (Å²) >= 11 is 0. The van der Waals surface area contributed by atoms with E-state index in [9.17, 15) is 13.2 Å². The summed E-state index contributed by atoms with van der Waals surface area (Å²) in [5.41, 5.74) is 0. The van der Waals surface area contributed by atoms with Crippen molar-refractivity contribution >= 4 is 21.8 Å². The maximum Gasteiger partial charge on any atom is 0.341 e. The number of piperazine rings is 1. The largest absolute Gasteiger partial charge is 0.491 e. The number of rotatable bonds is 8. The highest BCUT2D eigenvalue weighted by atomic mass is 32.2. The number of anilines is 1. The summed E-state index contributed by atoms with van der Waals surface area (Å²) in [6, 6.07) is 11.5. The topological polar surface area (TPSA) is 109 Å². The predicted octanol–water partition coefficient (Wildman–Crippen LogP) is 1.84. The van der Waals surface area contributed by atoms with Crippen LogP contribution >= 0.6 is 0 Å². The van der Waals surface area contributed by atoms with Crippen LogP contribution in [0, 0.1) is 0 Å². The van der Waals surface area contributed by atoms with Crippen molar-refractivity contribution in [2.75, 3.05) is 37.7 Å². The Bertz CT molecular complexity index is 970. The SMILES string of the molecule is CC(C)Oc1ccc(S(=O)(=O)N2CCN(c3cccc(OCC(=O)O)n3)CC2)cc1. The molecule has 1 saturated heterocycles. The van der Waals surface area contributed by atoms with Crippen LogP contribution in [0.3, 0.4) is 0 Å². The highest BCUT2D eigenvalue weighted by Gasteiger charge is 2.29. The molecule has 0 unspecified atom stereocenters. The van der Waals surface area contributed by atoms with Crippen LogP contribution in [0.5, 0.6) is 11.6 Å². The Hall–Kier alpha value is -2.85. The van der Waals surface area contributed by atoms with Gasteiger partial charge in [-0.05, 0) is 44.2 Å². The Morgan fingerprint density at radius 1 is 1.10 bits per heavy atom. The van der Waals surface area contributed by atoms with Crippen LogP contribution in [0.15, 0.2) is 47.4 Å². The molecule has 2 aromatic rings.